The van der Waals surface area contributed by atoms with Gasteiger partial charge in [-0.25, -0.2) is 0 Å². The molecule has 0 spiro atoms. The van der Waals surface area contributed by atoms with Crippen molar-refractivity contribution in [1.82, 2.24) is 4.90 Å². The van der Waals surface area contributed by atoms with E-state index in [0.717, 1.165) is 31.4 Å². The molecule has 4 heteroatoms. The summed E-state index contributed by atoms with van der Waals surface area (Å²) in [5.41, 5.74) is 2.27. The number of hydrogen-bond acceptors (Lipinski definition) is 4. The van der Waals surface area contributed by atoms with Crippen LogP contribution in [-0.4, -0.2) is 36.3 Å². The highest BCUT2D eigenvalue weighted by Crippen LogP contribution is 2.57. The Morgan fingerprint density at radius 1 is 1.39 bits per heavy atom. The van der Waals surface area contributed by atoms with Gasteiger partial charge < -0.3 is 9.64 Å². The van der Waals surface area contributed by atoms with Crippen LogP contribution in [0.4, 0.5) is 0 Å². The first-order valence-electron chi connectivity index (χ1n) is 8.54. The molecule has 1 heterocycles. The van der Waals surface area contributed by atoms with Gasteiger partial charge in [0.2, 0.25) is 0 Å². The zero-order valence-electron chi connectivity index (χ0n) is 13.8. The van der Waals surface area contributed by atoms with E-state index in [1.165, 1.54) is 12.5 Å². The van der Waals surface area contributed by atoms with Gasteiger partial charge in [0.15, 0.2) is 0 Å². The number of fused-ring (bicyclic) bond motifs is 1. The largest absolute Gasteiger partial charge is 0.426 e. The van der Waals surface area contributed by atoms with Gasteiger partial charge in [0.05, 0.1) is 0 Å². The molecule has 23 heavy (non-hydrogen) atoms. The Kier molecular flexibility index (Phi) is 3.34. The Morgan fingerprint density at radius 3 is 3.00 bits per heavy atom. The lowest BCUT2D eigenvalue weighted by Crippen LogP contribution is -2.61. The number of ketones is 1. The molecule has 4 nitrogen and oxygen atoms in total. The minimum absolute atomic E-state index is 0.133. The number of rotatable bonds is 1. The van der Waals surface area contributed by atoms with Crippen LogP contribution in [0.15, 0.2) is 18.2 Å². The SMILES string of the molecule is CC(=O)Oc1cccc2c1[C@]13CCN(C)[C@H](C2)[C@@H]1CCC(=O)C3. The third-order valence-corrected chi connectivity index (χ3v) is 6.19. The van der Waals surface area contributed by atoms with Crippen molar-refractivity contribution in [1.29, 1.82) is 0 Å². The van der Waals surface area contributed by atoms with E-state index in [9.17, 15) is 9.59 Å². The fourth-order valence-corrected chi connectivity index (χ4v) is 5.32. The van der Waals surface area contributed by atoms with Crippen LogP contribution in [0.2, 0.25) is 0 Å². The zero-order valence-corrected chi connectivity index (χ0v) is 13.8. The minimum Gasteiger partial charge on any atom is -0.426 e. The molecule has 2 bridgehead atoms. The normalized spacial score (nSPS) is 32.9. The van der Waals surface area contributed by atoms with Gasteiger partial charge in [-0.3, -0.25) is 9.59 Å². The van der Waals surface area contributed by atoms with Gasteiger partial charge in [0, 0.05) is 36.8 Å². The number of nitrogens with zero attached hydrogens (tertiary/aromatic N) is 1. The molecule has 1 aliphatic heterocycles. The minimum atomic E-state index is -0.288. The molecular formula is C19H23NO3. The van der Waals surface area contributed by atoms with Crippen molar-refractivity contribution >= 4 is 11.8 Å². The number of esters is 1. The molecule has 0 amide bonds. The van der Waals surface area contributed by atoms with Gasteiger partial charge in [-0.15, -0.1) is 0 Å². The van der Waals surface area contributed by atoms with E-state index < -0.39 is 0 Å². The van der Waals surface area contributed by atoms with Crippen LogP contribution >= 0.6 is 0 Å². The van der Waals surface area contributed by atoms with Crippen LogP contribution in [0.1, 0.15) is 43.7 Å². The Bertz CT molecular complexity index is 683. The third kappa shape index (κ3) is 2.15. The molecule has 1 aromatic carbocycles. The summed E-state index contributed by atoms with van der Waals surface area (Å²) in [6.07, 6.45) is 4.22. The predicted octanol–water partition coefficient (Wildman–Crippen LogP) is 2.48. The first-order chi connectivity index (χ1) is 11.0. The molecule has 1 aromatic rings. The number of ether oxygens (including phenoxy) is 1. The van der Waals surface area contributed by atoms with Crippen LogP contribution in [0.3, 0.4) is 0 Å². The van der Waals surface area contributed by atoms with Gasteiger partial charge in [0.25, 0.3) is 0 Å². The predicted molar refractivity (Wildman–Crippen MR) is 86.5 cm³/mol. The molecule has 3 aliphatic rings. The average Bonchev–Trinajstić information content (AvgIpc) is 2.50. The summed E-state index contributed by atoms with van der Waals surface area (Å²) in [5.74, 6) is 1.24. The summed E-state index contributed by atoms with van der Waals surface area (Å²) < 4.78 is 5.55. The van der Waals surface area contributed by atoms with Gasteiger partial charge in [0.1, 0.15) is 11.5 Å². The van der Waals surface area contributed by atoms with Crippen LogP contribution < -0.4 is 4.74 Å². The molecule has 0 N–H and O–H groups in total. The van der Waals surface area contributed by atoms with Crippen molar-refractivity contribution in [2.24, 2.45) is 5.92 Å². The van der Waals surface area contributed by atoms with E-state index in [0.29, 0.717) is 36.3 Å². The van der Waals surface area contributed by atoms with Crippen LogP contribution in [0.25, 0.3) is 0 Å². The summed E-state index contributed by atoms with van der Waals surface area (Å²) >= 11 is 0. The lowest BCUT2D eigenvalue weighted by molar-refractivity contribution is -0.132. The fraction of sp³-hybridized carbons (Fsp3) is 0.579. The lowest BCUT2D eigenvalue weighted by Gasteiger charge is -2.58. The average molecular weight is 313 g/mol. The lowest BCUT2D eigenvalue weighted by atomic mass is 9.52. The van der Waals surface area contributed by atoms with Gasteiger partial charge >= 0.3 is 5.97 Å². The summed E-state index contributed by atoms with van der Waals surface area (Å²) in [5, 5.41) is 0. The van der Waals surface area contributed by atoms with Crippen LogP contribution in [0, 0.1) is 5.92 Å². The molecule has 2 fully saturated rings. The van der Waals surface area contributed by atoms with E-state index >= 15 is 0 Å². The number of piperidine rings is 1. The Labute approximate surface area is 136 Å². The zero-order chi connectivity index (χ0) is 16.2. The van der Waals surface area contributed by atoms with E-state index in [-0.39, 0.29) is 11.4 Å². The molecule has 0 unspecified atom stereocenters. The summed E-state index contributed by atoms with van der Waals surface area (Å²) in [6, 6.07) is 6.50. The molecule has 3 atom stereocenters. The fourth-order valence-electron chi connectivity index (χ4n) is 5.32. The van der Waals surface area contributed by atoms with Gasteiger partial charge in [-0.1, -0.05) is 12.1 Å². The van der Waals surface area contributed by atoms with Crippen LogP contribution in [-0.2, 0) is 21.4 Å². The van der Waals surface area contributed by atoms with Crippen molar-refractivity contribution in [2.75, 3.05) is 13.6 Å². The summed E-state index contributed by atoms with van der Waals surface area (Å²) in [4.78, 5) is 26.3. The number of likely N-dealkylation sites (N-methyl/N-ethyl adjacent to an activating group) is 1. The van der Waals surface area contributed by atoms with Gasteiger partial charge in [-0.05, 0) is 50.4 Å². The Morgan fingerprint density at radius 2 is 2.22 bits per heavy atom. The summed E-state index contributed by atoms with van der Waals surface area (Å²) in [7, 11) is 2.20. The second-order valence-corrected chi connectivity index (χ2v) is 7.40. The molecule has 4 rings (SSSR count). The molecule has 122 valence electrons. The van der Waals surface area contributed by atoms with E-state index in [2.05, 4.69) is 18.0 Å². The molecule has 0 aromatic heterocycles. The maximum Gasteiger partial charge on any atom is 0.308 e. The Hall–Kier alpha value is -1.68. The highest BCUT2D eigenvalue weighted by atomic mass is 16.5. The highest BCUT2D eigenvalue weighted by Gasteiger charge is 2.56. The van der Waals surface area contributed by atoms with Crippen molar-refractivity contribution in [3.05, 3.63) is 29.3 Å². The molecular weight excluding hydrogens is 290 g/mol. The third-order valence-electron chi connectivity index (χ3n) is 6.19. The molecule has 1 saturated carbocycles. The number of Topliss-reactive ketones (excluding diaryl/α,β-unsaturated/α-hetero) is 1. The van der Waals surface area contributed by atoms with Crippen molar-refractivity contribution in [3.8, 4) is 5.75 Å². The first-order valence-corrected chi connectivity index (χ1v) is 8.54. The topological polar surface area (TPSA) is 46.6 Å². The number of hydrogen-bond donors (Lipinski definition) is 0. The Balaban J connectivity index is 1.91. The first kappa shape index (κ1) is 14.9. The standard InChI is InChI=1S/C19H23NO3/c1-12(21)23-17-5-3-4-13-10-16-15-7-6-14(22)11-19(15,18(13)17)8-9-20(16)2/h3-5,15-16H,6-11H2,1-2H3/t15-,16+,19-/m0/s1. The maximum absolute atomic E-state index is 12.3. The second-order valence-electron chi connectivity index (χ2n) is 7.40. The number of carbonyl (C=O) groups is 2. The molecule has 1 saturated heterocycles. The molecule has 2 aliphatic carbocycles. The van der Waals surface area contributed by atoms with Gasteiger partial charge in [-0.2, -0.15) is 0 Å². The van der Waals surface area contributed by atoms with Crippen molar-refractivity contribution in [2.45, 2.75) is 50.5 Å². The maximum atomic E-state index is 12.3. The molecule has 0 radical (unpaired) electrons. The van der Waals surface area contributed by atoms with Crippen molar-refractivity contribution < 1.29 is 14.3 Å². The highest BCUT2D eigenvalue weighted by molar-refractivity contribution is 5.82. The van der Waals surface area contributed by atoms with E-state index in [4.69, 9.17) is 4.74 Å². The summed E-state index contributed by atoms with van der Waals surface area (Å²) in [6.45, 7) is 2.45. The van der Waals surface area contributed by atoms with Crippen molar-refractivity contribution in [3.63, 3.8) is 0 Å². The number of benzene rings is 1. The number of likely N-dealkylation sites (tertiary alicyclic amines) is 1. The van der Waals surface area contributed by atoms with E-state index in [1.54, 1.807) is 0 Å². The van der Waals surface area contributed by atoms with E-state index in [1.807, 2.05) is 12.1 Å². The monoisotopic (exact) mass is 313 g/mol. The smallest absolute Gasteiger partial charge is 0.308 e. The van der Waals surface area contributed by atoms with Crippen LogP contribution in [0.5, 0.6) is 5.75 Å². The quantitative estimate of drug-likeness (QED) is 0.590. The number of carbonyl (C=O) groups excluding carboxylic acids is 2. The second kappa shape index (κ2) is 5.17.